The largest absolute Gasteiger partial charge is 0.508 e. The molecule has 5 rings (SSSR count). The average molecular weight is 477 g/mol. The highest BCUT2D eigenvalue weighted by atomic mass is 16.7. The Kier molecular flexibility index (Phi) is 6.26. The van der Waals surface area contributed by atoms with Gasteiger partial charge in [0.15, 0.2) is 11.5 Å². The first-order valence-corrected chi connectivity index (χ1v) is 11.7. The van der Waals surface area contributed by atoms with Gasteiger partial charge in [-0.2, -0.15) is 0 Å². The number of carbonyl (C=O) groups is 1. The van der Waals surface area contributed by atoms with Gasteiger partial charge in [-0.25, -0.2) is 0 Å². The van der Waals surface area contributed by atoms with Gasteiger partial charge in [0.1, 0.15) is 11.5 Å². The molecule has 0 aromatic heterocycles. The molecule has 0 saturated heterocycles. The van der Waals surface area contributed by atoms with Crippen LogP contribution in [0.4, 0.5) is 0 Å². The van der Waals surface area contributed by atoms with Gasteiger partial charge in [-0.15, -0.1) is 0 Å². The van der Waals surface area contributed by atoms with E-state index in [1.165, 1.54) is 0 Å². The predicted octanol–water partition coefficient (Wildman–Crippen LogP) is 5.38. The first kappa shape index (κ1) is 23.1. The molecule has 2 N–H and O–H groups in total. The second-order valence-electron chi connectivity index (χ2n) is 9.07. The monoisotopic (exact) mass is 476 g/mol. The molecule has 1 heterocycles. The number of phenolic OH excluding ortho intramolecular Hbond substituents is 1. The van der Waals surface area contributed by atoms with E-state index in [1.54, 1.807) is 13.2 Å². The van der Waals surface area contributed by atoms with Crippen LogP contribution < -0.4 is 14.2 Å². The zero-order valence-electron chi connectivity index (χ0n) is 19.6. The maximum atomic E-state index is 12.1. The minimum absolute atomic E-state index is 0.0868. The molecule has 0 bridgehead atoms. The minimum atomic E-state index is -0.878. The fourth-order valence-corrected chi connectivity index (χ4v) is 5.02. The Bertz CT molecular complexity index is 1240. The molecule has 35 heavy (non-hydrogen) atoms. The van der Waals surface area contributed by atoms with Crippen molar-refractivity contribution < 1.29 is 34.0 Å². The number of benzene rings is 3. The van der Waals surface area contributed by atoms with Crippen LogP contribution in [-0.2, 0) is 16.0 Å². The third kappa shape index (κ3) is 4.51. The molecule has 182 valence electrons. The van der Waals surface area contributed by atoms with E-state index < -0.39 is 24.1 Å². The first-order chi connectivity index (χ1) is 16.9. The Morgan fingerprint density at radius 3 is 2.66 bits per heavy atom. The normalized spacial score (nSPS) is 19.7. The second kappa shape index (κ2) is 9.50. The summed E-state index contributed by atoms with van der Waals surface area (Å²) in [6, 6.07) is 18.7. The number of aliphatic carboxylic acids is 1. The maximum absolute atomic E-state index is 12.1. The lowest BCUT2D eigenvalue weighted by Gasteiger charge is -2.28. The molecule has 1 unspecified atom stereocenters. The Balaban J connectivity index is 1.48. The van der Waals surface area contributed by atoms with Gasteiger partial charge in [0.25, 0.3) is 0 Å². The number of hydrogen-bond donors (Lipinski definition) is 2. The summed E-state index contributed by atoms with van der Waals surface area (Å²) in [5, 5.41) is 20.5. The van der Waals surface area contributed by atoms with Crippen molar-refractivity contribution >= 4 is 5.97 Å². The first-order valence-electron chi connectivity index (χ1n) is 11.7. The van der Waals surface area contributed by atoms with Crippen LogP contribution >= 0.6 is 0 Å². The van der Waals surface area contributed by atoms with Gasteiger partial charge in [0, 0.05) is 6.07 Å². The van der Waals surface area contributed by atoms with Gasteiger partial charge in [-0.05, 0) is 59.2 Å². The van der Waals surface area contributed by atoms with Crippen molar-refractivity contribution in [3.05, 3.63) is 82.9 Å². The van der Waals surface area contributed by atoms with Gasteiger partial charge in [0.05, 0.1) is 25.2 Å². The van der Waals surface area contributed by atoms with Crippen molar-refractivity contribution in [3.8, 4) is 23.0 Å². The molecule has 4 atom stereocenters. The van der Waals surface area contributed by atoms with Crippen LogP contribution in [0.5, 0.6) is 23.0 Å². The number of fused-ring (bicyclic) bond motifs is 2. The summed E-state index contributed by atoms with van der Waals surface area (Å²) >= 11 is 0. The summed E-state index contributed by atoms with van der Waals surface area (Å²) in [5.41, 5.74) is 3.53. The predicted molar refractivity (Wildman–Crippen MR) is 128 cm³/mol. The number of carboxylic acids is 1. The molecular formula is C28H28O7. The van der Waals surface area contributed by atoms with Gasteiger partial charge in [0.2, 0.25) is 6.79 Å². The number of rotatable bonds is 8. The molecule has 3 aromatic carbocycles. The summed E-state index contributed by atoms with van der Waals surface area (Å²) in [6.45, 7) is 2.18. The van der Waals surface area contributed by atoms with Crippen molar-refractivity contribution in [2.75, 3.05) is 13.9 Å². The minimum Gasteiger partial charge on any atom is -0.508 e. The lowest BCUT2D eigenvalue weighted by atomic mass is 9.90. The number of methoxy groups -OCH3 is 1. The van der Waals surface area contributed by atoms with E-state index >= 15 is 0 Å². The van der Waals surface area contributed by atoms with E-state index in [2.05, 4.69) is 0 Å². The van der Waals surface area contributed by atoms with Crippen LogP contribution in [0, 0.1) is 5.92 Å². The fourth-order valence-electron chi connectivity index (χ4n) is 5.02. The highest BCUT2D eigenvalue weighted by Crippen LogP contribution is 2.46. The molecule has 1 aliphatic heterocycles. The smallest absolute Gasteiger partial charge is 0.309 e. The molecule has 0 fully saturated rings. The highest BCUT2D eigenvalue weighted by Gasteiger charge is 2.40. The average Bonchev–Trinajstić information content (AvgIpc) is 3.47. The van der Waals surface area contributed by atoms with Gasteiger partial charge in [-0.1, -0.05) is 43.3 Å². The van der Waals surface area contributed by atoms with Crippen LogP contribution in [-0.4, -0.2) is 30.1 Å². The van der Waals surface area contributed by atoms with E-state index in [9.17, 15) is 15.0 Å². The maximum Gasteiger partial charge on any atom is 0.309 e. The van der Waals surface area contributed by atoms with E-state index in [1.807, 2.05) is 61.5 Å². The third-order valence-electron chi connectivity index (χ3n) is 6.90. The summed E-state index contributed by atoms with van der Waals surface area (Å²) < 4.78 is 22.9. The Labute approximate surface area is 203 Å². The van der Waals surface area contributed by atoms with Crippen LogP contribution in [0.25, 0.3) is 0 Å². The molecular weight excluding hydrogens is 448 g/mol. The number of aromatic hydroxyl groups is 1. The zero-order chi connectivity index (χ0) is 24.5. The van der Waals surface area contributed by atoms with Crippen molar-refractivity contribution in [2.24, 2.45) is 5.92 Å². The van der Waals surface area contributed by atoms with Crippen LogP contribution in [0.1, 0.15) is 53.7 Å². The molecule has 1 aliphatic carbocycles. The fraction of sp³-hybridized carbons (Fsp3) is 0.321. The van der Waals surface area contributed by atoms with E-state index in [0.29, 0.717) is 30.1 Å². The number of phenols is 1. The summed E-state index contributed by atoms with van der Waals surface area (Å²) in [7, 11) is 1.56. The molecule has 0 spiro atoms. The Morgan fingerprint density at radius 1 is 1.09 bits per heavy atom. The van der Waals surface area contributed by atoms with Crippen molar-refractivity contribution in [1.29, 1.82) is 0 Å². The summed E-state index contributed by atoms with van der Waals surface area (Å²) in [6.07, 6.45) is -0.0848. The van der Waals surface area contributed by atoms with E-state index in [-0.39, 0.29) is 18.5 Å². The van der Waals surface area contributed by atoms with E-state index in [0.717, 1.165) is 22.3 Å². The van der Waals surface area contributed by atoms with Crippen LogP contribution in [0.15, 0.2) is 60.7 Å². The number of carboxylic acid groups (broad SMARTS) is 1. The lowest BCUT2D eigenvalue weighted by molar-refractivity contribution is -0.149. The van der Waals surface area contributed by atoms with E-state index in [4.69, 9.17) is 18.9 Å². The Morgan fingerprint density at radius 2 is 1.89 bits per heavy atom. The molecule has 0 amide bonds. The summed E-state index contributed by atoms with van der Waals surface area (Å²) in [5.74, 6) is 0.395. The van der Waals surface area contributed by atoms with Gasteiger partial charge >= 0.3 is 5.97 Å². The molecule has 7 heteroatoms. The molecule has 0 radical (unpaired) electrons. The number of ether oxygens (including phenoxy) is 4. The third-order valence-corrected chi connectivity index (χ3v) is 6.90. The SMILES string of the molecule is COc1ccc([C@@H](C)CC(O[C@@H]2c3ccccc3C[C@H]2C(=O)O)c2ccc3c(c2)OCO3)c(O)c1. The second-order valence-corrected chi connectivity index (χ2v) is 9.07. The molecule has 2 aliphatic rings. The van der Waals surface area contributed by atoms with Crippen molar-refractivity contribution in [2.45, 2.75) is 37.9 Å². The highest BCUT2D eigenvalue weighted by molar-refractivity contribution is 5.73. The van der Waals surface area contributed by atoms with Crippen LogP contribution in [0.3, 0.4) is 0 Å². The lowest BCUT2D eigenvalue weighted by Crippen LogP contribution is -2.23. The quantitative estimate of drug-likeness (QED) is 0.451. The topological polar surface area (TPSA) is 94.5 Å². The van der Waals surface area contributed by atoms with Crippen LogP contribution in [0.2, 0.25) is 0 Å². The standard InChI is InChI=1S/C28H28O7/c1-16(20-9-8-19(32-2)14-23(20)29)11-25(18-7-10-24-26(13-18)34-15-33-24)35-27-21-6-4-3-5-17(21)12-22(27)28(30)31/h3-10,13-14,16,22,25,27,29H,11-12,15H2,1-2H3,(H,30,31)/t16-,22+,25?,27+/m0/s1. The summed E-state index contributed by atoms with van der Waals surface area (Å²) in [4.78, 5) is 12.1. The zero-order valence-corrected chi connectivity index (χ0v) is 19.6. The Hall–Kier alpha value is -3.71. The number of hydrogen-bond acceptors (Lipinski definition) is 6. The van der Waals surface area contributed by atoms with Crippen molar-refractivity contribution in [3.63, 3.8) is 0 Å². The molecule has 7 nitrogen and oxygen atoms in total. The molecule has 3 aromatic rings. The van der Waals surface area contributed by atoms with Gasteiger partial charge in [-0.3, -0.25) is 4.79 Å². The van der Waals surface area contributed by atoms with Gasteiger partial charge < -0.3 is 29.2 Å². The van der Waals surface area contributed by atoms with Crippen molar-refractivity contribution in [1.82, 2.24) is 0 Å². The molecule has 0 saturated carbocycles.